The lowest BCUT2D eigenvalue weighted by atomic mass is 10.0. The number of benzene rings is 3. The van der Waals surface area contributed by atoms with Crippen LogP contribution in [0.5, 0.6) is 5.75 Å². The maximum atomic E-state index is 13.0. The highest BCUT2D eigenvalue weighted by atomic mass is 32.2. The number of sulfonamides is 1. The second kappa shape index (κ2) is 8.91. The summed E-state index contributed by atoms with van der Waals surface area (Å²) in [4.78, 5) is 12.9. The summed E-state index contributed by atoms with van der Waals surface area (Å²) in [7, 11) is -3.56. The van der Waals surface area contributed by atoms with Gasteiger partial charge in [-0.15, -0.1) is 0 Å². The van der Waals surface area contributed by atoms with Crippen LogP contribution < -0.4 is 10.1 Å². The minimum absolute atomic E-state index is 0.229. The van der Waals surface area contributed by atoms with Gasteiger partial charge in [0.1, 0.15) is 5.75 Å². The van der Waals surface area contributed by atoms with Crippen molar-refractivity contribution in [1.82, 2.24) is 4.31 Å². The summed E-state index contributed by atoms with van der Waals surface area (Å²) in [6.45, 7) is 3.18. The molecule has 1 aliphatic heterocycles. The van der Waals surface area contributed by atoms with Gasteiger partial charge < -0.3 is 10.1 Å². The first-order chi connectivity index (χ1) is 15.0. The Morgan fingerprint density at radius 3 is 2.45 bits per heavy atom. The fraction of sp³-hybridized carbons (Fsp3) is 0.208. The van der Waals surface area contributed by atoms with E-state index in [0.717, 1.165) is 11.1 Å². The predicted octanol–water partition coefficient (Wildman–Crippen LogP) is 4.08. The zero-order chi connectivity index (χ0) is 21.8. The first kappa shape index (κ1) is 21.1. The van der Waals surface area contributed by atoms with Gasteiger partial charge in [0, 0.05) is 24.3 Å². The van der Waals surface area contributed by atoms with E-state index in [1.165, 1.54) is 4.31 Å². The smallest absolute Gasteiger partial charge is 0.255 e. The predicted molar refractivity (Wildman–Crippen MR) is 120 cm³/mol. The van der Waals surface area contributed by atoms with Crippen molar-refractivity contribution in [3.05, 3.63) is 89.5 Å². The van der Waals surface area contributed by atoms with Gasteiger partial charge in [-0.2, -0.15) is 4.31 Å². The number of nitrogens with one attached hydrogen (secondary N) is 1. The van der Waals surface area contributed by atoms with Gasteiger partial charge in [-0.05, 0) is 73.0 Å². The highest BCUT2D eigenvalue weighted by Gasteiger charge is 2.28. The Morgan fingerprint density at radius 1 is 1.00 bits per heavy atom. The second-order valence-corrected chi connectivity index (χ2v) is 9.23. The van der Waals surface area contributed by atoms with Gasteiger partial charge in [0.05, 0.1) is 11.5 Å². The number of hydrogen-bond donors (Lipinski definition) is 1. The highest BCUT2D eigenvalue weighted by molar-refractivity contribution is 7.89. The van der Waals surface area contributed by atoms with E-state index in [0.29, 0.717) is 41.5 Å². The first-order valence-electron chi connectivity index (χ1n) is 10.2. The molecule has 0 fully saturated rings. The number of fused-ring (bicyclic) bond motifs is 1. The third kappa shape index (κ3) is 4.62. The zero-order valence-electron chi connectivity index (χ0n) is 17.2. The number of carbonyl (C=O) groups excluding carboxylic acids is 1. The van der Waals surface area contributed by atoms with E-state index in [4.69, 9.17) is 4.74 Å². The van der Waals surface area contributed by atoms with Gasteiger partial charge in [0.25, 0.3) is 5.91 Å². The SMILES string of the molecule is CCOc1ccc(C(=O)Nc2ccc3c(c2)CN(S(=O)(=O)c2ccccc2)CC3)cc1. The zero-order valence-corrected chi connectivity index (χ0v) is 18.1. The molecule has 3 aromatic rings. The Bertz CT molecular complexity index is 1180. The lowest BCUT2D eigenvalue weighted by Crippen LogP contribution is -2.36. The van der Waals surface area contributed by atoms with Crippen molar-refractivity contribution in [1.29, 1.82) is 0 Å². The molecule has 4 rings (SSSR count). The van der Waals surface area contributed by atoms with Crippen molar-refractivity contribution >= 4 is 21.6 Å². The van der Waals surface area contributed by atoms with E-state index in [9.17, 15) is 13.2 Å². The van der Waals surface area contributed by atoms with E-state index in [1.807, 2.05) is 25.1 Å². The molecular weight excluding hydrogens is 412 g/mol. The van der Waals surface area contributed by atoms with Crippen LogP contribution in [-0.2, 0) is 23.0 Å². The fourth-order valence-electron chi connectivity index (χ4n) is 3.63. The number of carbonyl (C=O) groups is 1. The van der Waals surface area contributed by atoms with Crippen molar-refractivity contribution in [3.8, 4) is 5.75 Å². The molecular formula is C24H24N2O4S. The van der Waals surface area contributed by atoms with Gasteiger partial charge >= 0.3 is 0 Å². The number of nitrogens with zero attached hydrogens (tertiary/aromatic N) is 1. The molecule has 0 spiro atoms. The molecule has 160 valence electrons. The van der Waals surface area contributed by atoms with Crippen molar-refractivity contribution in [3.63, 3.8) is 0 Å². The van der Waals surface area contributed by atoms with Crippen LogP contribution in [0.4, 0.5) is 5.69 Å². The number of amides is 1. The van der Waals surface area contributed by atoms with Crippen molar-refractivity contribution in [2.75, 3.05) is 18.5 Å². The van der Waals surface area contributed by atoms with E-state index in [2.05, 4.69) is 5.32 Å². The van der Waals surface area contributed by atoms with Gasteiger partial charge in [0.2, 0.25) is 10.0 Å². The van der Waals surface area contributed by atoms with Crippen molar-refractivity contribution < 1.29 is 17.9 Å². The third-order valence-electron chi connectivity index (χ3n) is 5.25. The maximum Gasteiger partial charge on any atom is 0.255 e. The Labute approximate surface area is 182 Å². The summed E-state index contributed by atoms with van der Waals surface area (Å²) >= 11 is 0. The van der Waals surface area contributed by atoms with Crippen LogP contribution in [0, 0.1) is 0 Å². The molecule has 0 radical (unpaired) electrons. The molecule has 1 heterocycles. The summed E-state index contributed by atoms with van der Waals surface area (Å²) in [5.74, 6) is 0.486. The fourth-order valence-corrected chi connectivity index (χ4v) is 5.07. The van der Waals surface area contributed by atoms with Gasteiger partial charge in [-0.25, -0.2) is 8.42 Å². The normalized spacial score (nSPS) is 14.0. The van der Waals surface area contributed by atoms with Crippen molar-refractivity contribution in [2.24, 2.45) is 0 Å². The van der Waals surface area contributed by atoms with E-state index < -0.39 is 10.0 Å². The molecule has 31 heavy (non-hydrogen) atoms. The lowest BCUT2D eigenvalue weighted by Gasteiger charge is -2.28. The third-order valence-corrected chi connectivity index (χ3v) is 7.11. The van der Waals surface area contributed by atoms with Crippen LogP contribution >= 0.6 is 0 Å². The van der Waals surface area contributed by atoms with Gasteiger partial charge in [0.15, 0.2) is 0 Å². The molecule has 1 amide bonds. The lowest BCUT2D eigenvalue weighted by molar-refractivity contribution is 0.102. The largest absolute Gasteiger partial charge is 0.494 e. The average Bonchev–Trinajstić information content (AvgIpc) is 2.80. The molecule has 0 aliphatic carbocycles. The van der Waals surface area contributed by atoms with Crippen LogP contribution in [0.25, 0.3) is 0 Å². The average molecular weight is 437 g/mol. The molecule has 0 saturated carbocycles. The molecule has 0 unspecified atom stereocenters. The topological polar surface area (TPSA) is 75.7 Å². The summed E-state index contributed by atoms with van der Waals surface area (Å²) in [5, 5.41) is 2.90. The van der Waals surface area contributed by atoms with E-state index in [-0.39, 0.29) is 12.5 Å². The number of hydrogen-bond acceptors (Lipinski definition) is 4. The Morgan fingerprint density at radius 2 is 1.74 bits per heavy atom. The van der Waals surface area contributed by atoms with E-state index >= 15 is 0 Å². The number of ether oxygens (including phenoxy) is 1. The molecule has 0 atom stereocenters. The molecule has 0 bridgehead atoms. The van der Waals surface area contributed by atoms with Crippen LogP contribution in [-0.4, -0.2) is 31.8 Å². The summed E-state index contributed by atoms with van der Waals surface area (Å²) < 4.78 is 32.8. The van der Waals surface area contributed by atoms with Crippen LogP contribution in [0.2, 0.25) is 0 Å². The summed E-state index contributed by atoms with van der Waals surface area (Å²) in [6.07, 6.45) is 0.633. The number of anilines is 1. The van der Waals surface area contributed by atoms with Gasteiger partial charge in [-0.1, -0.05) is 24.3 Å². The summed E-state index contributed by atoms with van der Waals surface area (Å²) in [5.41, 5.74) is 3.15. The second-order valence-electron chi connectivity index (χ2n) is 7.30. The minimum atomic E-state index is -3.56. The molecule has 7 heteroatoms. The summed E-state index contributed by atoms with van der Waals surface area (Å²) in [6, 6.07) is 21.1. The Kier molecular flexibility index (Phi) is 6.06. The molecule has 0 aromatic heterocycles. The minimum Gasteiger partial charge on any atom is -0.494 e. The van der Waals surface area contributed by atoms with E-state index in [1.54, 1.807) is 54.6 Å². The van der Waals surface area contributed by atoms with Crippen LogP contribution in [0.1, 0.15) is 28.4 Å². The maximum absolute atomic E-state index is 13.0. The van der Waals surface area contributed by atoms with Gasteiger partial charge in [-0.3, -0.25) is 4.79 Å². The molecule has 1 aliphatic rings. The Hall–Kier alpha value is -3.16. The monoisotopic (exact) mass is 436 g/mol. The molecule has 6 nitrogen and oxygen atoms in total. The standard InChI is InChI=1S/C24H24N2O4S/c1-2-30-22-12-9-19(10-13-22)24(27)25-21-11-8-18-14-15-26(17-20(18)16-21)31(28,29)23-6-4-3-5-7-23/h3-13,16H,2,14-15,17H2,1H3,(H,25,27). The molecule has 1 N–H and O–H groups in total. The van der Waals surface area contributed by atoms with Crippen LogP contribution in [0.15, 0.2) is 77.7 Å². The Balaban J connectivity index is 1.50. The van der Waals surface area contributed by atoms with Crippen LogP contribution in [0.3, 0.4) is 0 Å². The van der Waals surface area contributed by atoms with Crippen molar-refractivity contribution in [2.45, 2.75) is 24.8 Å². The molecule has 0 saturated heterocycles. The number of rotatable bonds is 6. The quantitative estimate of drug-likeness (QED) is 0.632. The first-order valence-corrected chi connectivity index (χ1v) is 11.6. The molecule has 3 aromatic carbocycles. The highest BCUT2D eigenvalue weighted by Crippen LogP contribution is 2.27.